The van der Waals surface area contributed by atoms with Crippen LogP contribution in [0.5, 0.6) is 0 Å². The van der Waals surface area contributed by atoms with Crippen LogP contribution in [0.3, 0.4) is 0 Å². The molecule has 0 amide bonds. The summed E-state index contributed by atoms with van der Waals surface area (Å²) >= 11 is 1.74. The van der Waals surface area contributed by atoms with Crippen LogP contribution in [-0.2, 0) is 19.4 Å². The predicted octanol–water partition coefficient (Wildman–Crippen LogP) is 3.20. The summed E-state index contributed by atoms with van der Waals surface area (Å²) in [5.74, 6) is 3.56. The summed E-state index contributed by atoms with van der Waals surface area (Å²) < 4.78 is 2.31. The van der Waals surface area contributed by atoms with E-state index < -0.39 is 0 Å². The Hall–Kier alpha value is -1.16. The first-order valence-electron chi connectivity index (χ1n) is 9.15. The van der Waals surface area contributed by atoms with Gasteiger partial charge in [-0.2, -0.15) is 11.3 Å². The van der Waals surface area contributed by atoms with Crippen LogP contribution in [0.25, 0.3) is 0 Å². The molecule has 3 rings (SSSR count). The maximum absolute atomic E-state index is 4.38. The maximum atomic E-state index is 4.38. The van der Waals surface area contributed by atoms with Crippen molar-refractivity contribution in [1.29, 1.82) is 0 Å². The number of hydrogen-bond acceptors (Lipinski definition) is 4. The fourth-order valence-corrected chi connectivity index (χ4v) is 3.95. The lowest BCUT2D eigenvalue weighted by molar-refractivity contribution is 0.599. The van der Waals surface area contributed by atoms with E-state index in [-0.39, 0.29) is 24.0 Å². The molecular formula is C18H29IN6S. The standard InChI is InChI=1S/C18H28N6S.HI/c1-14(15-8-11-25-13-15)12-21-18(19-2)20-9-7-17-23-22-16-6-4-3-5-10-24(16)17;/h8,11,13-14H,3-7,9-10,12H2,1-2H3,(H2,19,20,21);1H. The maximum Gasteiger partial charge on any atom is 0.191 e. The lowest BCUT2D eigenvalue weighted by atomic mass is 10.1. The van der Waals surface area contributed by atoms with Crippen LogP contribution in [0.15, 0.2) is 21.8 Å². The number of rotatable bonds is 6. The average molecular weight is 488 g/mol. The third-order valence-electron chi connectivity index (χ3n) is 4.74. The molecule has 0 saturated carbocycles. The topological polar surface area (TPSA) is 67.1 Å². The first-order chi connectivity index (χ1) is 12.3. The van der Waals surface area contributed by atoms with E-state index >= 15 is 0 Å². The van der Waals surface area contributed by atoms with Gasteiger partial charge in [0, 0.05) is 39.5 Å². The van der Waals surface area contributed by atoms with E-state index in [2.05, 4.69) is 54.1 Å². The summed E-state index contributed by atoms with van der Waals surface area (Å²) in [6, 6.07) is 2.18. The Morgan fingerprint density at radius 1 is 1.31 bits per heavy atom. The molecule has 26 heavy (non-hydrogen) atoms. The summed E-state index contributed by atoms with van der Waals surface area (Å²) in [6.07, 6.45) is 5.68. The minimum atomic E-state index is 0. The van der Waals surface area contributed by atoms with Crippen molar-refractivity contribution in [2.24, 2.45) is 4.99 Å². The molecule has 1 aliphatic heterocycles. The van der Waals surface area contributed by atoms with Crippen LogP contribution in [-0.4, -0.2) is 40.9 Å². The molecule has 0 bridgehead atoms. The average Bonchev–Trinajstić information content (AvgIpc) is 3.23. The van der Waals surface area contributed by atoms with Crippen LogP contribution in [0.4, 0.5) is 0 Å². The lowest BCUT2D eigenvalue weighted by Crippen LogP contribution is -2.40. The zero-order valence-electron chi connectivity index (χ0n) is 15.6. The first-order valence-corrected chi connectivity index (χ1v) is 10.1. The number of guanidine groups is 1. The van der Waals surface area contributed by atoms with Crippen molar-refractivity contribution in [3.63, 3.8) is 0 Å². The van der Waals surface area contributed by atoms with E-state index in [9.17, 15) is 0 Å². The molecule has 0 radical (unpaired) electrons. The summed E-state index contributed by atoms with van der Waals surface area (Å²) in [5.41, 5.74) is 1.37. The van der Waals surface area contributed by atoms with Gasteiger partial charge in [-0.15, -0.1) is 34.2 Å². The molecule has 2 N–H and O–H groups in total. The first kappa shape index (κ1) is 21.1. The fourth-order valence-electron chi connectivity index (χ4n) is 3.17. The van der Waals surface area contributed by atoms with Crippen LogP contribution in [0, 0.1) is 0 Å². The van der Waals surface area contributed by atoms with Crippen LogP contribution in [0.1, 0.15) is 49.3 Å². The second-order valence-corrected chi connectivity index (χ2v) is 7.36. The molecule has 3 heterocycles. The SMILES string of the molecule is CN=C(NCCc1nnc2n1CCCCC2)NCC(C)c1ccsc1.I. The number of aliphatic imine (C=N–C) groups is 1. The third-order valence-corrected chi connectivity index (χ3v) is 5.44. The van der Waals surface area contributed by atoms with Crippen LogP contribution < -0.4 is 10.6 Å². The molecule has 6 nitrogen and oxygen atoms in total. The molecule has 1 unspecified atom stereocenters. The summed E-state index contributed by atoms with van der Waals surface area (Å²) in [4.78, 5) is 4.32. The monoisotopic (exact) mass is 488 g/mol. The van der Waals surface area contributed by atoms with Gasteiger partial charge in [-0.05, 0) is 41.1 Å². The van der Waals surface area contributed by atoms with Crippen LogP contribution in [0.2, 0.25) is 0 Å². The Kier molecular flexibility index (Phi) is 8.83. The molecule has 0 spiro atoms. The Morgan fingerprint density at radius 3 is 2.96 bits per heavy atom. The molecule has 0 fully saturated rings. The number of thiophene rings is 1. The molecule has 2 aromatic heterocycles. The minimum Gasteiger partial charge on any atom is -0.356 e. The summed E-state index contributed by atoms with van der Waals surface area (Å²) in [5, 5.41) is 19.9. The van der Waals surface area contributed by atoms with E-state index in [4.69, 9.17) is 0 Å². The van der Waals surface area contributed by atoms with Gasteiger partial charge in [-0.25, -0.2) is 0 Å². The minimum absolute atomic E-state index is 0. The largest absolute Gasteiger partial charge is 0.356 e. The zero-order valence-corrected chi connectivity index (χ0v) is 18.7. The molecule has 1 atom stereocenters. The quantitative estimate of drug-likeness (QED) is 0.373. The molecular weight excluding hydrogens is 459 g/mol. The van der Waals surface area contributed by atoms with Gasteiger partial charge in [0.15, 0.2) is 5.96 Å². The lowest BCUT2D eigenvalue weighted by Gasteiger charge is -2.15. The van der Waals surface area contributed by atoms with E-state index in [1.807, 2.05) is 7.05 Å². The molecule has 1 aliphatic rings. The highest BCUT2D eigenvalue weighted by Gasteiger charge is 2.14. The molecule has 2 aromatic rings. The van der Waals surface area contributed by atoms with E-state index in [0.29, 0.717) is 5.92 Å². The molecule has 0 aliphatic carbocycles. The number of aromatic nitrogens is 3. The highest BCUT2D eigenvalue weighted by Crippen LogP contribution is 2.17. The number of fused-ring (bicyclic) bond motifs is 1. The Labute approximate surface area is 176 Å². The normalized spacial score (nSPS) is 15.5. The Morgan fingerprint density at radius 2 is 2.19 bits per heavy atom. The van der Waals surface area contributed by atoms with Crippen molar-refractivity contribution in [1.82, 2.24) is 25.4 Å². The van der Waals surface area contributed by atoms with Crippen molar-refractivity contribution < 1.29 is 0 Å². The van der Waals surface area contributed by atoms with Crippen molar-refractivity contribution in [3.05, 3.63) is 34.0 Å². The van der Waals surface area contributed by atoms with Gasteiger partial charge in [0.05, 0.1) is 0 Å². The van der Waals surface area contributed by atoms with Crippen molar-refractivity contribution in [2.45, 2.75) is 51.5 Å². The Bertz CT molecular complexity index is 682. The fraction of sp³-hybridized carbons (Fsp3) is 0.611. The zero-order chi connectivity index (χ0) is 17.5. The highest BCUT2D eigenvalue weighted by molar-refractivity contribution is 14.0. The third kappa shape index (κ3) is 5.67. The second kappa shape index (κ2) is 10.9. The van der Waals surface area contributed by atoms with Crippen molar-refractivity contribution in [2.75, 3.05) is 20.1 Å². The van der Waals surface area contributed by atoms with Gasteiger partial charge in [0.1, 0.15) is 11.6 Å². The van der Waals surface area contributed by atoms with E-state index in [1.54, 1.807) is 11.3 Å². The molecule has 144 valence electrons. The van der Waals surface area contributed by atoms with Gasteiger partial charge in [-0.1, -0.05) is 13.3 Å². The summed E-state index contributed by atoms with van der Waals surface area (Å²) in [6.45, 7) is 4.97. The number of nitrogens with one attached hydrogen (secondary N) is 2. The smallest absolute Gasteiger partial charge is 0.191 e. The number of hydrogen-bond donors (Lipinski definition) is 2. The number of nitrogens with zero attached hydrogens (tertiary/aromatic N) is 4. The molecule has 0 saturated heterocycles. The molecule has 0 aromatic carbocycles. The number of halogens is 1. The van der Waals surface area contributed by atoms with Gasteiger partial charge >= 0.3 is 0 Å². The van der Waals surface area contributed by atoms with Crippen molar-refractivity contribution >= 4 is 41.3 Å². The summed E-state index contributed by atoms with van der Waals surface area (Å²) in [7, 11) is 1.81. The number of aryl methyl sites for hydroxylation is 1. The highest BCUT2D eigenvalue weighted by atomic mass is 127. The van der Waals surface area contributed by atoms with Crippen LogP contribution >= 0.6 is 35.3 Å². The van der Waals surface area contributed by atoms with E-state index in [0.717, 1.165) is 50.1 Å². The van der Waals surface area contributed by atoms with Gasteiger partial charge < -0.3 is 15.2 Å². The van der Waals surface area contributed by atoms with Gasteiger partial charge in [0.2, 0.25) is 0 Å². The van der Waals surface area contributed by atoms with Crippen molar-refractivity contribution in [3.8, 4) is 0 Å². The van der Waals surface area contributed by atoms with E-state index in [1.165, 1.54) is 24.8 Å². The second-order valence-electron chi connectivity index (χ2n) is 6.58. The van der Waals surface area contributed by atoms with Gasteiger partial charge in [0.25, 0.3) is 0 Å². The Balaban J connectivity index is 0.00000243. The van der Waals surface area contributed by atoms with Gasteiger partial charge in [-0.3, -0.25) is 4.99 Å². The molecule has 8 heteroatoms. The predicted molar refractivity (Wildman–Crippen MR) is 119 cm³/mol.